The number of hydrogen-bond acceptors (Lipinski definition) is 3. The van der Waals surface area contributed by atoms with Crippen LogP contribution in [0.1, 0.15) is 12.8 Å². The summed E-state index contributed by atoms with van der Waals surface area (Å²) >= 11 is 6.86. The highest BCUT2D eigenvalue weighted by Gasteiger charge is 2.24. The highest BCUT2D eigenvalue weighted by atomic mass is 79.9. The first kappa shape index (κ1) is 13.4. The van der Waals surface area contributed by atoms with E-state index in [0.29, 0.717) is 5.75 Å². The molecule has 1 aliphatic heterocycles. The lowest BCUT2D eigenvalue weighted by Gasteiger charge is -2.24. The predicted octanol–water partition coefficient (Wildman–Crippen LogP) is 3.20. The SMILES string of the molecule is O=S1(=O)CCCC(Nc2cc(Br)ccc2Br)C1. The van der Waals surface area contributed by atoms with Crippen molar-refractivity contribution in [3.05, 3.63) is 27.1 Å². The van der Waals surface area contributed by atoms with Gasteiger partial charge in [0.2, 0.25) is 0 Å². The molecule has 1 fully saturated rings. The van der Waals surface area contributed by atoms with Gasteiger partial charge in [0.25, 0.3) is 0 Å². The lowest BCUT2D eigenvalue weighted by Crippen LogP contribution is -2.34. The van der Waals surface area contributed by atoms with Crippen LogP contribution in [0.15, 0.2) is 27.1 Å². The molecule has 0 saturated carbocycles. The van der Waals surface area contributed by atoms with Crippen molar-refractivity contribution in [2.45, 2.75) is 18.9 Å². The second-order valence-electron chi connectivity index (χ2n) is 4.22. The number of sulfone groups is 1. The van der Waals surface area contributed by atoms with E-state index in [0.717, 1.165) is 27.5 Å². The Morgan fingerprint density at radius 1 is 1.29 bits per heavy atom. The van der Waals surface area contributed by atoms with Gasteiger partial charge in [-0.15, -0.1) is 0 Å². The first-order chi connectivity index (χ1) is 7.96. The van der Waals surface area contributed by atoms with Gasteiger partial charge in [0.15, 0.2) is 9.84 Å². The van der Waals surface area contributed by atoms with Crippen LogP contribution in [-0.2, 0) is 9.84 Å². The molecule has 1 saturated heterocycles. The highest BCUT2D eigenvalue weighted by Crippen LogP contribution is 2.28. The van der Waals surface area contributed by atoms with Gasteiger partial charge in [-0.1, -0.05) is 15.9 Å². The number of halogens is 2. The van der Waals surface area contributed by atoms with Gasteiger partial charge in [-0.05, 0) is 47.0 Å². The average molecular weight is 383 g/mol. The Morgan fingerprint density at radius 3 is 2.76 bits per heavy atom. The number of benzene rings is 1. The minimum atomic E-state index is -2.86. The standard InChI is InChI=1S/C11H13Br2NO2S/c12-8-3-4-10(13)11(6-8)14-9-2-1-5-17(15,16)7-9/h3-4,6,9,14H,1-2,5,7H2. The van der Waals surface area contributed by atoms with Crippen LogP contribution in [0, 0.1) is 0 Å². The fourth-order valence-electron chi connectivity index (χ4n) is 1.96. The van der Waals surface area contributed by atoms with Crippen LogP contribution >= 0.6 is 31.9 Å². The van der Waals surface area contributed by atoms with Crippen molar-refractivity contribution in [1.82, 2.24) is 0 Å². The van der Waals surface area contributed by atoms with Gasteiger partial charge in [-0.25, -0.2) is 8.42 Å². The zero-order valence-corrected chi connectivity index (χ0v) is 13.1. The first-order valence-electron chi connectivity index (χ1n) is 5.38. The molecule has 0 bridgehead atoms. The quantitative estimate of drug-likeness (QED) is 0.854. The van der Waals surface area contributed by atoms with Gasteiger partial charge < -0.3 is 5.32 Å². The van der Waals surface area contributed by atoms with Crippen molar-refractivity contribution >= 4 is 47.4 Å². The molecule has 0 aliphatic carbocycles. The Hall–Kier alpha value is -0.0700. The van der Waals surface area contributed by atoms with Crippen molar-refractivity contribution in [3.8, 4) is 0 Å². The molecule has 17 heavy (non-hydrogen) atoms. The lowest BCUT2D eigenvalue weighted by molar-refractivity contribution is 0.562. The van der Waals surface area contributed by atoms with Crippen molar-refractivity contribution in [2.24, 2.45) is 0 Å². The third-order valence-corrected chi connectivity index (χ3v) is 5.76. The Balaban J connectivity index is 2.13. The third kappa shape index (κ3) is 3.69. The Morgan fingerprint density at radius 2 is 2.06 bits per heavy atom. The second kappa shape index (κ2) is 5.28. The van der Waals surface area contributed by atoms with Crippen LogP contribution in [-0.4, -0.2) is 26.0 Å². The molecule has 0 radical (unpaired) electrons. The summed E-state index contributed by atoms with van der Waals surface area (Å²) in [4.78, 5) is 0. The minimum absolute atomic E-state index is 0.0133. The van der Waals surface area contributed by atoms with Crippen LogP contribution in [0.25, 0.3) is 0 Å². The molecular weight excluding hydrogens is 370 g/mol. The fraction of sp³-hybridized carbons (Fsp3) is 0.455. The summed E-state index contributed by atoms with van der Waals surface area (Å²) in [7, 11) is -2.86. The van der Waals surface area contributed by atoms with E-state index >= 15 is 0 Å². The van der Waals surface area contributed by atoms with E-state index in [-0.39, 0.29) is 11.8 Å². The molecule has 1 aromatic carbocycles. The van der Waals surface area contributed by atoms with E-state index in [1.807, 2.05) is 18.2 Å². The average Bonchev–Trinajstić information content (AvgIpc) is 2.22. The van der Waals surface area contributed by atoms with Crippen molar-refractivity contribution in [3.63, 3.8) is 0 Å². The topological polar surface area (TPSA) is 46.2 Å². The summed E-state index contributed by atoms with van der Waals surface area (Å²) in [6.45, 7) is 0. The molecule has 0 spiro atoms. The Labute approximate surface area is 118 Å². The Kier molecular flexibility index (Phi) is 4.15. The number of hydrogen-bond donors (Lipinski definition) is 1. The molecular formula is C11H13Br2NO2S. The first-order valence-corrected chi connectivity index (χ1v) is 8.79. The monoisotopic (exact) mass is 381 g/mol. The molecule has 0 amide bonds. The van der Waals surface area contributed by atoms with E-state index in [2.05, 4.69) is 37.2 Å². The van der Waals surface area contributed by atoms with E-state index in [4.69, 9.17) is 0 Å². The molecule has 1 heterocycles. The molecule has 1 aromatic rings. The maximum Gasteiger partial charge on any atom is 0.152 e. The normalized spacial score (nSPS) is 23.3. The third-order valence-electron chi connectivity index (χ3n) is 2.75. The zero-order chi connectivity index (χ0) is 12.5. The van der Waals surface area contributed by atoms with Gasteiger partial charge in [0, 0.05) is 20.7 Å². The molecule has 94 valence electrons. The van der Waals surface area contributed by atoms with Crippen molar-refractivity contribution < 1.29 is 8.42 Å². The predicted molar refractivity (Wildman–Crippen MR) is 77.1 cm³/mol. The summed E-state index contributed by atoms with van der Waals surface area (Å²) in [5.74, 6) is 0.552. The molecule has 1 N–H and O–H groups in total. The molecule has 1 atom stereocenters. The fourth-order valence-corrected chi connectivity index (χ4v) is 4.32. The molecule has 1 unspecified atom stereocenters. The van der Waals surface area contributed by atoms with Gasteiger partial charge in [0.1, 0.15) is 0 Å². The molecule has 6 heteroatoms. The van der Waals surface area contributed by atoms with Crippen LogP contribution in [0.2, 0.25) is 0 Å². The van der Waals surface area contributed by atoms with Gasteiger partial charge >= 0.3 is 0 Å². The highest BCUT2D eigenvalue weighted by molar-refractivity contribution is 9.11. The largest absolute Gasteiger partial charge is 0.380 e. The lowest BCUT2D eigenvalue weighted by atomic mass is 10.2. The molecule has 2 rings (SSSR count). The molecule has 1 aliphatic rings. The maximum atomic E-state index is 11.5. The van der Waals surface area contributed by atoms with Crippen LogP contribution in [0.3, 0.4) is 0 Å². The van der Waals surface area contributed by atoms with E-state index in [1.165, 1.54) is 0 Å². The number of nitrogens with one attached hydrogen (secondary N) is 1. The summed E-state index contributed by atoms with van der Waals surface area (Å²) in [5.41, 5.74) is 0.932. The second-order valence-corrected chi connectivity index (χ2v) is 8.22. The summed E-state index contributed by atoms with van der Waals surface area (Å²) < 4.78 is 25.0. The Bertz CT molecular complexity index is 516. The zero-order valence-electron chi connectivity index (χ0n) is 9.12. The van der Waals surface area contributed by atoms with Crippen LogP contribution in [0.5, 0.6) is 0 Å². The smallest absolute Gasteiger partial charge is 0.152 e. The van der Waals surface area contributed by atoms with E-state index in [1.54, 1.807) is 0 Å². The summed E-state index contributed by atoms with van der Waals surface area (Å²) in [6, 6.07) is 5.83. The van der Waals surface area contributed by atoms with Crippen LogP contribution < -0.4 is 5.32 Å². The molecule has 0 aromatic heterocycles. The van der Waals surface area contributed by atoms with Gasteiger partial charge in [0.05, 0.1) is 11.5 Å². The molecule has 3 nitrogen and oxygen atoms in total. The maximum absolute atomic E-state index is 11.5. The van der Waals surface area contributed by atoms with E-state index in [9.17, 15) is 8.42 Å². The summed E-state index contributed by atoms with van der Waals surface area (Å²) in [6.07, 6.45) is 1.64. The van der Waals surface area contributed by atoms with Crippen molar-refractivity contribution in [2.75, 3.05) is 16.8 Å². The van der Waals surface area contributed by atoms with Gasteiger partial charge in [-0.3, -0.25) is 0 Å². The minimum Gasteiger partial charge on any atom is -0.380 e. The number of rotatable bonds is 2. The van der Waals surface area contributed by atoms with Crippen molar-refractivity contribution in [1.29, 1.82) is 0 Å². The number of anilines is 1. The summed E-state index contributed by atoms with van der Waals surface area (Å²) in [5, 5.41) is 3.29. The van der Waals surface area contributed by atoms with E-state index < -0.39 is 9.84 Å². The van der Waals surface area contributed by atoms with Gasteiger partial charge in [-0.2, -0.15) is 0 Å². The van der Waals surface area contributed by atoms with Crippen LogP contribution in [0.4, 0.5) is 5.69 Å².